The van der Waals surface area contributed by atoms with E-state index in [1.807, 2.05) is 0 Å². The fraction of sp³-hybridized carbons (Fsp3) is 0.250. The number of nitrogens with zero attached hydrogens (tertiary/aromatic N) is 2. The van der Waals surface area contributed by atoms with Gasteiger partial charge in [-0.05, 0) is 12.5 Å². The molecule has 13 heavy (non-hydrogen) atoms. The normalized spacial score (nSPS) is 9.38. The smallest absolute Gasteiger partial charge is 0.227 e. The fourth-order valence-electron chi connectivity index (χ4n) is 0.862. The first-order chi connectivity index (χ1) is 6.24. The number of carbonyl (C=O) groups excluding carboxylic acids is 1. The van der Waals surface area contributed by atoms with Gasteiger partial charge in [-0.25, -0.2) is 14.8 Å². The molecule has 0 amide bonds. The second-order valence-electron chi connectivity index (χ2n) is 2.33. The van der Waals surface area contributed by atoms with Crippen LogP contribution in [-0.2, 0) is 11.2 Å². The molecule has 0 bridgehead atoms. The van der Waals surface area contributed by atoms with Crippen molar-refractivity contribution in [3.8, 4) is 0 Å². The summed E-state index contributed by atoms with van der Waals surface area (Å²) in [5, 5.41) is 0.367. The van der Waals surface area contributed by atoms with Crippen LogP contribution in [0.15, 0.2) is 17.3 Å². The van der Waals surface area contributed by atoms with Crippen LogP contribution in [0.5, 0.6) is 0 Å². The van der Waals surface area contributed by atoms with Gasteiger partial charge >= 0.3 is 0 Å². The number of aromatic nitrogens is 1. The molecule has 0 unspecified atom stereocenters. The lowest BCUT2D eigenvalue weighted by Gasteiger charge is -1.98. The molecule has 0 radical (unpaired) electrons. The number of rotatable bonds is 3. The fourth-order valence-corrected chi connectivity index (χ4v) is 1.04. The highest BCUT2D eigenvalue weighted by molar-refractivity contribution is 6.30. The molecule has 0 N–H and O–H groups in total. The van der Waals surface area contributed by atoms with Crippen LogP contribution in [0.4, 0.5) is 4.39 Å². The Hall–Kier alpha value is -1.25. The monoisotopic (exact) mass is 200 g/mol. The molecule has 0 fully saturated rings. The van der Waals surface area contributed by atoms with E-state index in [1.165, 1.54) is 18.3 Å². The summed E-state index contributed by atoms with van der Waals surface area (Å²) in [7, 11) is 0. The molecule has 0 aliphatic rings. The molecule has 0 aliphatic carbocycles. The van der Waals surface area contributed by atoms with E-state index in [0.717, 1.165) is 0 Å². The van der Waals surface area contributed by atoms with Gasteiger partial charge in [-0.3, -0.25) is 0 Å². The van der Waals surface area contributed by atoms with Gasteiger partial charge in [0.05, 0.1) is 11.6 Å². The Morgan fingerprint density at radius 2 is 2.46 bits per heavy atom. The number of isocyanates is 1. The molecule has 0 aliphatic heterocycles. The summed E-state index contributed by atoms with van der Waals surface area (Å²) in [4.78, 5) is 16.4. The average molecular weight is 201 g/mol. The van der Waals surface area contributed by atoms with Crippen molar-refractivity contribution in [3.63, 3.8) is 0 Å². The molecule has 0 saturated carbocycles. The molecule has 1 aromatic heterocycles. The van der Waals surface area contributed by atoms with E-state index in [1.54, 1.807) is 0 Å². The van der Waals surface area contributed by atoms with Crippen LogP contribution >= 0.6 is 11.6 Å². The van der Waals surface area contributed by atoms with Crippen molar-refractivity contribution in [3.05, 3.63) is 28.8 Å². The van der Waals surface area contributed by atoms with Crippen molar-refractivity contribution < 1.29 is 9.18 Å². The Bertz CT molecular complexity index is 350. The van der Waals surface area contributed by atoms with E-state index >= 15 is 0 Å². The SMILES string of the molecule is O=C=NCCc1cc(Cl)cnc1F. The van der Waals surface area contributed by atoms with Crippen LogP contribution < -0.4 is 0 Å². The lowest BCUT2D eigenvalue weighted by molar-refractivity contribution is 0.558. The minimum absolute atomic E-state index is 0.197. The first kappa shape index (κ1) is 9.84. The van der Waals surface area contributed by atoms with Crippen molar-refractivity contribution in [1.29, 1.82) is 0 Å². The van der Waals surface area contributed by atoms with Crippen LogP contribution in [0.25, 0.3) is 0 Å². The van der Waals surface area contributed by atoms with E-state index in [2.05, 4.69) is 9.98 Å². The molecule has 1 heterocycles. The van der Waals surface area contributed by atoms with Crippen LogP contribution in [0.2, 0.25) is 5.02 Å². The molecule has 0 saturated heterocycles. The highest BCUT2D eigenvalue weighted by Gasteiger charge is 2.03. The topological polar surface area (TPSA) is 42.3 Å². The molecule has 0 spiro atoms. The maximum Gasteiger partial charge on any atom is 0.234 e. The predicted molar refractivity (Wildman–Crippen MR) is 45.9 cm³/mol. The van der Waals surface area contributed by atoms with E-state index in [9.17, 15) is 9.18 Å². The van der Waals surface area contributed by atoms with Gasteiger partial charge in [0.15, 0.2) is 0 Å². The standard InChI is InChI=1S/C8H6ClFN2O/c9-7-3-6(1-2-11-5-13)8(10)12-4-7/h3-4H,1-2H2. The largest absolute Gasteiger partial charge is 0.234 e. The third-order valence-electron chi connectivity index (χ3n) is 1.44. The van der Waals surface area contributed by atoms with Gasteiger partial charge in [0.25, 0.3) is 0 Å². The molecule has 5 heteroatoms. The number of aliphatic imine (C=N–C) groups is 1. The zero-order chi connectivity index (χ0) is 9.68. The van der Waals surface area contributed by atoms with Crippen LogP contribution in [0.3, 0.4) is 0 Å². The summed E-state index contributed by atoms with van der Waals surface area (Å²) in [5.41, 5.74) is 0.353. The van der Waals surface area contributed by atoms with Crippen molar-refractivity contribution in [2.45, 2.75) is 6.42 Å². The summed E-state index contributed by atoms with van der Waals surface area (Å²) in [6.07, 6.45) is 2.90. The minimum Gasteiger partial charge on any atom is -0.227 e. The minimum atomic E-state index is -0.578. The lowest BCUT2D eigenvalue weighted by atomic mass is 10.2. The second kappa shape index (κ2) is 4.70. The van der Waals surface area contributed by atoms with Gasteiger partial charge in [0.1, 0.15) is 0 Å². The highest BCUT2D eigenvalue weighted by Crippen LogP contribution is 2.12. The molecule has 0 aromatic carbocycles. The number of pyridine rings is 1. The molecular formula is C8H6ClFN2O. The third kappa shape index (κ3) is 2.93. The second-order valence-corrected chi connectivity index (χ2v) is 2.76. The van der Waals surface area contributed by atoms with Crippen molar-refractivity contribution in [2.75, 3.05) is 6.54 Å². The average Bonchev–Trinajstić information content (AvgIpc) is 2.11. The quantitative estimate of drug-likeness (QED) is 0.424. The van der Waals surface area contributed by atoms with Gasteiger partial charge in [-0.15, -0.1) is 0 Å². The predicted octanol–water partition coefficient (Wildman–Crippen LogP) is 1.75. The molecule has 1 aromatic rings. The van der Waals surface area contributed by atoms with Crippen molar-refractivity contribution in [2.24, 2.45) is 4.99 Å². The summed E-state index contributed by atoms with van der Waals surface area (Å²) >= 11 is 5.59. The van der Waals surface area contributed by atoms with Gasteiger partial charge < -0.3 is 0 Å². The van der Waals surface area contributed by atoms with Gasteiger partial charge in [0, 0.05) is 11.8 Å². The number of hydrogen-bond donors (Lipinski definition) is 0. The zero-order valence-electron chi connectivity index (χ0n) is 6.63. The summed E-state index contributed by atoms with van der Waals surface area (Å²) in [6.45, 7) is 0.197. The van der Waals surface area contributed by atoms with Gasteiger partial charge in [-0.1, -0.05) is 11.6 Å². The number of hydrogen-bond acceptors (Lipinski definition) is 3. The third-order valence-corrected chi connectivity index (χ3v) is 1.64. The molecule has 3 nitrogen and oxygen atoms in total. The van der Waals surface area contributed by atoms with E-state index in [0.29, 0.717) is 17.0 Å². The zero-order valence-corrected chi connectivity index (χ0v) is 7.38. The number of halogens is 2. The molecule has 1 rings (SSSR count). The highest BCUT2D eigenvalue weighted by atomic mass is 35.5. The maximum absolute atomic E-state index is 12.9. The van der Waals surface area contributed by atoms with Crippen molar-refractivity contribution >= 4 is 17.7 Å². The Labute approximate surface area is 79.3 Å². The van der Waals surface area contributed by atoms with Gasteiger partial charge in [0.2, 0.25) is 12.0 Å². The summed E-state index contributed by atoms with van der Waals surface area (Å²) < 4.78 is 12.9. The molecular weight excluding hydrogens is 195 g/mol. The maximum atomic E-state index is 12.9. The molecule has 0 atom stereocenters. The first-order valence-corrected chi connectivity index (χ1v) is 3.95. The van der Waals surface area contributed by atoms with Crippen molar-refractivity contribution in [1.82, 2.24) is 4.98 Å². The van der Waals surface area contributed by atoms with E-state index in [-0.39, 0.29) is 6.54 Å². The lowest BCUT2D eigenvalue weighted by Crippen LogP contribution is -1.96. The Kier molecular flexibility index (Phi) is 3.55. The first-order valence-electron chi connectivity index (χ1n) is 3.57. The Morgan fingerprint density at radius 1 is 1.69 bits per heavy atom. The van der Waals surface area contributed by atoms with Crippen LogP contribution in [0.1, 0.15) is 5.56 Å². The molecule has 68 valence electrons. The van der Waals surface area contributed by atoms with Gasteiger partial charge in [-0.2, -0.15) is 4.39 Å². The van der Waals surface area contributed by atoms with E-state index < -0.39 is 5.95 Å². The Balaban J connectivity index is 2.75. The van der Waals surface area contributed by atoms with Crippen LogP contribution in [-0.4, -0.2) is 17.6 Å². The summed E-state index contributed by atoms with van der Waals surface area (Å²) in [6, 6.07) is 1.46. The van der Waals surface area contributed by atoms with Crippen LogP contribution in [0, 0.1) is 5.95 Å². The van der Waals surface area contributed by atoms with E-state index in [4.69, 9.17) is 11.6 Å². The Morgan fingerprint density at radius 3 is 3.15 bits per heavy atom. The summed E-state index contributed by atoms with van der Waals surface area (Å²) in [5.74, 6) is -0.578.